The van der Waals surface area contributed by atoms with Crippen molar-refractivity contribution < 1.29 is 9.53 Å². The Kier molecular flexibility index (Phi) is 5.93. The fourth-order valence-electron chi connectivity index (χ4n) is 2.97. The number of nitrogen functional groups attached to an aromatic ring is 1. The minimum Gasteiger partial charge on any atom is -0.463 e. The molecule has 2 aromatic rings. The Labute approximate surface area is 153 Å². The molecule has 1 unspecified atom stereocenters. The molecule has 3 heterocycles. The lowest BCUT2D eigenvalue weighted by Gasteiger charge is -2.22. The van der Waals surface area contributed by atoms with Crippen LogP contribution in [0.1, 0.15) is 32.6 Å². The molecule has 0 bridgehead atoms. The van der Waals surface area contributed by atoms with Crippen LogP contribution in [0.4, 0.5) is 17.3 Å². The molecule has 8 heteroatoms. The van der Waals surface area contributed by atoms with Gasteiger partial charge in [-0.2, -0.15) is 9.97 Å². The van der Waals surface area contributed by atoms with Crippen LogP contribution in [-0.2, 0) is 11.3 Å². The molecule has 0 amide bonds. The van der Waals surface area contributed by atoms with Crippen molar-refractivity contribution in [3.8, 4) is 6.01 Å². The van der Waals surface area contributed by atoms with E-state index in [4.69, 9.17) is 10.5 Å². The molecular formula is C18H26N6O2. The fourth-order valence-corrected chi connectivity index (χ4v) is 2.97. The first kappa shape index (κ1) is 18.0. The van der Waals surface area contributed by atoms with Gasteiger partial charge in [0.25, 0.3) is 0 Å². The lowest BCUT2D eigenvalue weighted by atomic mass is 10.3. The minimum atomic E-state index is -0.473. The lowest BCUT2D eigenvalue weighted by molar-refractivity contribution is -0.108. The number of nitrogens with zero attached hydrogens (tertiary/aromatic N) is 4. The van der Waals surface area contributed by atoms with E-state index >= 15 is 0 Å². The van der Waals surface area contributed by atoms with E-state index in [1.54, 1.807) is 0 Å². The highest BCUT2D eigenvalue weighted by Gasteiger charge is 2.32. The van der Waals surface area contributed by atoms with Crippen LogP contribution in [-0.4, -0.2) is 40.1 Å². The average Bonchev–Trinajstić information content (AvgIpc) is 3.27. The summed E-state index contributed by atoms with van der Waals surface area (Å²) in [5.74, 6) is 0.949. The number of aromatic nitrogens is 3. The van der Waals surface area contributed by atoms with Crippen LogP contribution in [0.15, 0.2) is 24.5 Å². The number of carbonyl (C=O) groups excluding carboxylic acids is 1. The molecule has 0 spiro atoms. The Hall–Kier alpha value is -2.77. The van der Waals surface area contributed by atoms with E-state index in [1.165, 1.54) is 0 Å². The monoisotopic (exact) mass is 358 g/mol. The van der Waals surface area contributed by atoms with Gasteiger partial charge in [0.1, 0.15) is 5.69 Å². The largest absolute Gasteiger partial charge is 0.463 e. The van der Waals surface area contributed by atoms with Crippen LogP contribution in [0, 0.1) is 0 Å². The SMILES string of the molecule is CCCCOc1nc(N)c2c(n1)N(CCCCn1cccc1)C(C=O)N2. The van der Waals surface area contributed by atoms with E-state index in [0.29, 0.717) is 30.5 Å². The van der Waals surface area contributed by atoms with Gasteiger partial charge < -0.3 is 25.3 Å². The Morgan fingerprint density at radius 2 is 2.00 bits per heavy atom. The van der Waals surface area contributed by atoms with Gasteiger partial charge >= 0.3 is 6.01 Å². The number of anilines is 3. The van der Waals surface area contributed by atoms with Crippen molar-refractivity contribution in [2.24, 2.45) is 0 Å². The predicted octanol–water partition coefficient (Wildman–Crippen LogP) is 2.28. The van der Waals surface area contributed by atoms with Gasteiger partial charge in [-0.15, -0.1) is 0 Å². The van der Waals surface area contributed by atoms with Gasteiger partial charge in [-0.1, -0.05) is 13.3 Å². The molecule has 3 rings (SSSR count). The smallest absolute Gasteiger partial charge is 0.320 e. The van der Waals surface area contributed by atoms with Gasteiger partial charge in [0.2, 0.25) is 0 Å². The summed E-state index contributed by atoms with van der Waals surface area (Å²) in [6.07, 6.45) is 8.39. The standard InChI is InChI=1S/C18H26N6O2/c1-2-3-12-26-18-21-16(19)15-17(22-18)24(14(13-25)20-15)11-7-6-10-23-8-4-5-9-23/h4-5,8-9,13-14,20H,2-3,6-7,10-12H2,1H3,(H2,19,21,22). The number of nitrogens with two attached hydrogens (primary N) is 1. The number of nitrogens with one attached hydrogen (secondary N) is 1. The summed E-state index contributed by atoms with van der Waals surface area (Å²) >= 11 is 0. The molecule has 1 atom stereocenters. The molecule has 140 valence electrons. The van der Waals surface area contributed by atoms with Crippen molar-refractivity contribution >= 4 is 23.6 Å². The van der Waals surface area contributed by atoms with E-state index in [1.807, 2.05) is 17.0 Å². The van der Waals surface area contributed by atoms with Crippen LogP contribution in [0.5, 0.6) is 6.01 Å². The van der Waals surface area contributed by atoms with Gasteiger partial charge in [0.15, 0.2) is 24.1 Å². The van der Waals surface area contributed by atoms with E-state index in [9.17, 15) is 4.79 Å². The predicted molar refractivity (Wildman–Crippen MR) is 101 cm³/mol. The van der Waals surface area contributed by atoms with E-state index in [0.717, 1.165) is 38.5 Å². The fraction of sp³-hybridized carbons (Fsp3) is 0.500. The molecule has 0 saturated heterocycles. The Bertz CT molecular complexity index is 719. The normalized spacial score (nSPS) is 15.6. The number of fused-ring (bicyclic) bond motifs is 1. The lowest BCUT2D eigenvalue weighted by Crippen LogP contribution is -2.38. The van der Waals surface area contributed by atoms with Gasteiger partial charge in [0, 0.05) is 25.5 Å². The van der Waals surface area contributed by atoms with Crippen LogP contribution >= 0.6 is 0 Å². The van der Waals surface area contributed by atoms with Gasteiger partial charge in [-0.05, 0) is 31.4 Å². The molecule has 3 N–H and O–H groups in total. The minimum absolute atomic E-state index is 0.264. The first-order valence-electron chi connectivity index (χ1n) is 9.12. The van der Waals surface area contributed by atoms with E-state index in [-0.39, 0.29) is 6.01 Å². The highest BCUT2D eigenvalue weighted by Crippen LogP contribution is 2.37. The second-order valence-electron chi connectivity index (χ2n) is 6.34. The van der Waals surface area contributed by atoms with Crippen molar-refractivity contribution in [1.82, 2.24) is 14.5 Å². The third-order valence-corrected chi connectivity index (χ3v) is 4.39. The van der Waals surface area contributed by atoms with E-state index in [2.05, 4.69) is 39.2 Å². The summed E-state index contributed by atoms with van der Waals surface area (Å²) in [6, 6.07) is 4.30. The number of aryl methyl sites for hydroxylation is 1. The number of rotatable bonds is 10. The highest BCUT2D eigenvalue weighted by molar-refractivity contribution is 5.87. The zero-order chi connectivity index (χ0) is 18.4. The van der Waals surface area contributed by atoms with Crippen LogP contribution in [0.3, 0.4) is 0 Å². The summed E-state index contributed by atoms with van der Waals surface area (Å²) in [4.78, 5) is 22.1. The molecule has 1 aliphatic heterocycles. The average molecular weight is 358 g/mol. The van der Waals surface area contributed by atoms with Crippen LogP contribution < -0.4 is 20.7 Å². The molecule has 8 nitrogen and oxygen atoms in total. The highest BCUT2D eigenvalue weighted by atomic mass is 16.5. The van der Waals surface area contributed by atoms with Gasteiger partial charge in [0.05, 0.1) is 6.61 Å². The zero-order valence-electron chi connectivity index (χ0n) is 15.1. The quantitative estimate of drug-likeness (QED) is 0.496. The number of hydrogen-bond donors (Lipinski definition) is 2. The number of ether oxygens (including phenoxy) is 1. The first-order valence-corrected chi connectivity index (χ1v) is 9.12. The van der Waals surface area contributed by atoms with Gasteiger partial charge in [-0.25, -0.2) is 0 Å². The topological polar surface area (TPSA) is 98.3 Å². The third kappa shape index (κ3) is 4.07. The number of aldehydes is 1. The van der Waals surface area contributed by atoms with Crippen LogP contribution in [0.2, 0.25) is 0 Å². The summed E-state index contributed by atoms with van der Waals surface area (Å²) in [5, 5.41) is 3.10. The molecular weight excluding hydrogens is 332 g/mol. The third-order valence-electron chi connectivity index (χ3n) is 4.39. The summed E-state index contributed by atoms with van der Waals surface area (Å²) in [6.45, 7) is 4.30. The molecule has 2 aromatic heterocycles. The number of carbonyl (C=O) groups is 1. The molecule has 0 aliphatic carbocycles. The Balaban J connectivity index is 1.66. The summed E-state index contributed by atoms with van der Waals surface area (Å²) in [7, 11) is 0. The van der Waals surface area contributed by atoms with Crippen molar-refractivity contribution in [1.29, 1.82) is 0 Å². The Morgan fingerprint density at radius 1 is 1.23 bits per heavy atom. The second kappa shape index (κ2) is 8.55. The summed E-state index contributed by atoms with van der Waals surface area (Å²) in [5.41, 5.74) is 6.64. The number of hydrogen-bond acceptors (Lipinski definition) is 7. The van der Waals surface area contributed by atoms with Crippen LogP contribution in [0.25, 0.3) is 0 Å². The molecule has 0 fully saturated rings. The van der Waals surface area contributed by atoms with Gasteiger partial charge in [-0.3, -0.25) is 4.79 Å². The second-order valence-corrected chi connectivity index (χ2v) is 6.34. The van der Waals surface area contributed by atoms with Crippen molar-refractivity contribution in [3.05, 3.63) is 24.5 Å². The maximum atomic E-state index is 11.5. The molecule has 0 saturated carbocycles. The maximum Gasteiger partial charge on any atom is 0.320 e. The van der Waals surface area contributed by atoms with E-state index < -0.39 is 6.17 Å². The van der Waals surface area contributed by atoms with Crippen molar-refractivity contribution in [2.45, 2.75) is 45.3 Å². The first-order chi connectivity index (χ1) is 12.7. The summed E-state index contributed by atoms with van der Waals surface area (Å²) < 4.78 is 7.74. The number of unbranched alkanes of at least 4 members (excludes halogenated alkanes) is 2. The Morgan fingerprint density at radius 3 is 2.73 bits per heavy atom. The molecule has 1 aliphatic rings. The zero-order valence-corrected chi connectivity index (χ0v) is 15.1. The van der Waals surface area contributed by atoms with Crippen molar-refractivity contribution in [3.63, 3.8) is 0 Å². The molecule has 0 radical (unpaired) electrons. The molecule has 26 heavy (non-hydrogen) atoms. The maximum absolute atomic E-state index is 11.5. The van der Waals surface area contributed by atoms with Crippen molar-refractivity contribution in [2.75, 3.05) is 29.1 Å². The molecule has 0 aromatic carbocycles.